The molecule has 0 bridgehead atoms. The molecule has 7 aromatic carbocycles. The molecular weight excluding hydrogens is 713 g/mol. The molecule has 246 valence electrons. The normalized spacial score (nSPS) is 14.3. The van der Waals surface area contributed by atoms with Crippen molar-refractivity contribution in [3.8, 4) is 33.4 Å². The topological polar surface area (TPSA) is 0 Å². The fraction of sp³-hybridized carbons (Fsp3) is 0.130. The van der Waals surface area contributed by atoms with Gasteiger partial charge in [0.15, 0.2) is 0 Å². The Balaban J connectivity index is 1.28. The summed E-state index contributed by atoms with van der Waals surface area (Å²) in [5.74, 6) is 0. The summed E-state index contributed by atoms with van der Waals surface area (Å²) in [5.41, 5.74) is 23.0. The van der Waals surface area contributed by atoms with E-state index in [4.69, 9.17) is 61.4 Å². The molecule has 11 rings (SSSR count). The zero-order valence-electron chi connectivity index (χ0n) is 29.5. The third kappa shape index (κ3) is 4.10. The minimum absolute atomic E-state index is 0.520. The molecule has 7 heteroatoms. The van der Waals surface area contributed by atoms with E-state index in [-0.39, 0.29) is 0 Å². The van der Waals surface area contributed by atoms with Crippen molar-refractivity contribution < 1.29 is 0 Å². The van der Waals surface area contributed by atoms with Crippen LogP contribution in [0.25, 0.3) is 66.6 Å². The van der Waals surface area contributed by atoms with Gasteiger partial charge in [0.1, 0.15) is 23.5 Å². The first-order chi connectivity index (χ1) is 25.6. The van der Waals surface area contributed by atoms with E-state index in [0.29, 0.717) is 17.3 Å². The highest BCUT2D eigenvalue weighted by Gasteiger charge is 2.38. The molecule has 3 aliphatic carbocycles. The summed E-state index contributed by atoms with van der Waals surface area (Å²) in [7, 11) is 21.4. The van der Waals surface area contributed by atoms with Crippen molar-refractivity contribution in [2.75, 3.05) is 0 Å². The maximum atomic E-state index is 7.29. The molecule has 7 aromatic rings. The van der Waals surface area contributed by atoms with Crippen molar-refractivity contribution in [1.29, 1.82) is 0 Å². The molecule has 0 amide bonds. The lowest BCUT2D eigenvalue weighted by Crippen LogP contribution is -2.31. The highest BCUT2D eigenvalue weighted by molar-refractivity contribution is 8.00. The smallest absolute Gasteiger partial charge is 0.115 e. The van der Waals surface area contributed by atoms with E-state index in [1.165, 1.54) is 76.9 Å². The number of hydrogen-bond donors (Lipinski definition) is 3. The van der Waals surface area contributed by atoms with Crippen LogP contribution >= 0.6 is 49.6 Å². The van der Waals surface area contributed by atoms with Gasteiger partial charge in [-0.3, -0.25) is 0 Å². The van der Waals surface area contributed by atoms with E-state index in [2.05, 4.69) is 87.5 Å². The van der Waals surface area contributed by atoms with Gasteiger partial charge >= 0.3 is 0 Å². The van der Waals surface area contributed by atoms with Crippen molar-refractivity contribution in [2.45, 2.75) is 64.5 Å². The quantitative estimate of drug-likeness (QED) is 0.0902. The molecule has 1 aliphatic heterocycles. The second kappa shape index (κ2) is 11.2. The lowest BCUT2D eigenvalue weighted by atomic mass is 9.68. The van der Waals surface area contributed by atoms with Crippen LogP contribution in [0.4, 0.5) is 0 Å². The number of rotatable bonds is 2. The van der Waals surface area contributed by atoms with Gasteiger partial charge < -0.3 is 0 Å². The zero-order chi connectivity index (χ0) is 36.3. The number of aryl methyl sites for hydroxylation is 1. The van der Waals surface area contributed by atoms with Crippen molar-refractivity contribution in [2.24, 2.45) is 0 Å². The Morgan fingerprint density at radius 1 is 0.509 bits per heavy atom. The van der Waals surface area contributed by atoms with E-state index in [0.717, 1.165) is 82.0 Å². The number of thiol groups is 3. The Labute approximate surface area is 334 Å². The summed E-state index contributed by atoms with van der Waals surface area (Å²) < 4.78 is 0. The number of allylic oxidation sites excluding steroid dienone is 1. The first-order valence-electron chi connectivity index (χ1n) is 18.0. The first kappa shape index (κ1) is 32.8. The SMILES string of the molecule is [B]c1c(S)c2c3c4c5c(c([B])c(C)c(C)c5c(-c5cccc6c5-c5ccc7c(c5C6)CC(c5ccccc5)=C7)c3c1[B])Sc1c(C)c(S)c(S)c(c1-4)C2. The summed E-state index contributed by atoms with van der Waals surface area (Å²) in [6.07, 6.45) is 4.85. The molecule has 53 heavy (non-hydrogen) atoms. The van der Waals surface area contributed by atoms with Crippen LogP contribution in [0.15, 0.2) is 85.1 Å². The molecule has 0 aromatic heterocycles. The van der Waals surface area contributed by atoms with Gasteiger partial charge in [0.05, 0.1) is 0 Å². The summed E-state index contributed by atoms with van der Waals surface area (Å²) in [5, 5.41) is 4.50. The van der Waals surface area contributed by atoms with Gasteiger partial charge in [-0.1, -0.05) is 100 Å². The lowest BCUT2D eigenvalue weighted by molar-refractivity contribution is 1.00. The van der Waals surface area contributed by atoms with Crippen LogP contribution in [0.5, 0.6) is 0 Å². The highest BCUT2D eigenvalue weighted by Crippen LogP contribution is 2.61. The molecule has 0 atom stereocenters. The summed E-state index contributed by atoms with van der Waals surface area (Å²) >= 11 is 17.0. The van der Waals surface area contributed by atoms with Gasteiger partial charge in [0.25, 0.3) is 0 Å². The maximum absolute atomic E-state index is 7.29. The fourth-order valence-electron chi connectivity index (χ4n) is 9.89. The second-order valence-corrected chi connectivity index (χ2v) is 17.4. The van der Waals surface area contributed by atoms with Crippen LogP contribution in [-0.4, -0.2) is 23.5 Å². The predicted octanol–water partition coefficient (Wildman–Crippen LogP) is 9.54. The molecule has 0 spiro atoms. The van der Waals surface area contributed by atoms with Gasteiger partial charge in [0.2, 0.25) is 0 Å². The Morgan fingerprint density at radius 2 is 1.30 bits per heavy atom. The molecule has 0 N–H and O–H groups in total. The average molecular weight is 742 g/mol. The summed E-state index contributed by atoms with van der Waals surface area (Å²) in [4.78, 5) is 4.81. The van der Waals surface area contributed by atoms with Crippen molar-refractivity contribution in [3.05, 3.63) is 116 Å². The van der Waals surface area contributed by atoms with Crippen LogP contribution in [0.1, 0.15) is 55.6 Å². The Hall–Kier alpha value is -3.61. The Bertz CT molecular complexity index is 2870. The predicted molar refractivity (Wildman–Crippen MR) is 238 cm³/mol. The van der Waals surface area contributed by atoms with Crippen LogP contribution in [-0.2, 0) is 19.3 Å². The van der Waals surface area contributed by atoms with Crippen LogP contribution in [0.3, 0.4) is 0 Å². The van der Waals surface area contributed by atoms with Crippen LogP contribution in [0, 0.1) is 20.8 Å². The molecule has 6 radical (unpaired) electrons. The molecule has 0 fully saturated rings. The second-order valence-electron chi connectivity index (χ2n) is 15.1. The Morgan fingerprint density at radius 3 is 2.09 bits per heavy atom. The number of benzene rings is 7. The molecule has 1 heterocycles. The van der Waals surface area contributed by atoms with Gasteiger partial charge in [-0.15, -0.1) is 37.9 Å². The highest BCUT2D eigenvalue weighted by atomic mass is 32.2. The number of hydrogen-bond acceptors (Lipinski definition) is 4. The molecule has 0 unspecified atom stereocenters. The van der Waals surface area contributed by atoms with Gasteiger partial charge in [0, 0.05) is 47.4 Å². The van der Waals surface area contributed by atoms with Crippen molar-refractivity contribution in [1.82, 2.24) is 0 Å². The van der Waals surface area contributed by atoms with E-state index < -0.39 is 0 Å². The summed E-state index contributed by atoms with van der Waals surface area (Å²) in [6.45, 7) is 6.52. The molecule has 0 saturated carbocycles. The molecule has 0 saturated heterocycles. The average Bonchev–Trinajstić information content (AvgIpc) is 3.79. The van der Waals surface area contributed by atoms with Crippen LogP contribution < -0.4 is 16.4 Å². The first-order valence-corrected chi connectivity index (χ1v) is 20.1. The third-order valence-corrected chi connectivity index (χ3v) is 15.7. The maximum Gasteiger partial charge on any atom is 0.115 e. The lowest BCUT2D eigenvalue weighted by Gasteiger charge is -2.36. The minimum Gasteiger partial charge on any atom is -0.144 e. The standard InChI is InChI=1S/C46H29B3S4/c1-18-19(2)39(47)46-38-31(18)33(37-34-29(43(51)41(49)40(37)48)17-30-35(36(34)38)45(53-46)20(3)42(50)44(30)52)26-11-7-10-23-15-28-25(32(23)26)13-12-22-14-24(16-27(22)28)21-8-5-4-6-9-21/h4-14,50-52H,15-17H2,1-3H3. The van der Waals surface area contributed by atoms with Crippen molar-refractivity contribution in [3.63, 3.8) is 0 Å². The molecule has 4 aliphatic rings. The molecule has 0 nitrogen and oxygen atoms in total. The van der Waals surface area contributed by atoms with Gasteiger partial charge in [-0.05, 0) is 128 Å². The van der Waals surface area contributed by atoms with E-state index >= 15 is 0 Å². The van der Waals surface area contributed by atoms with Gasteiger partial charge in [-0.2, -0.15) is 0 Å². The van der Waals surface area contributed by atoms with Crippen molar-refractivity contribution >= 4 is 123 Å². The van der Waals surface area contributed by atoms with E-state index in [9.17, 15) is 0 Å². The third-order valence-electron chi connectivity index (χ3n) is 12.6. The fourth-order valence-corrected chi connectivity index (χ4v) is 12.2. The Kier molecular flexibility index (Phi) is 6.95. The monoisotopic (exact) mass is 742 g/mol. The summed E-state index contributed by atoms with van der Waals surface area (Å²) in [6, 6.07) is 22.3. The zero-order valence-corrected chi connectivity index (χ0v) is 33.0. The van der Waals surface area contributed by atoms with E-state index in [1.54, 1.807) is 11.8 Å². The molecular formula is C46H29B3S4. The number of fused-ring (bicyclic) bond motifs is 5. The van der Waals surface area contributed by atoms with Crippen LogP contribution in [0.2, 0.25) is 0 Å². The van der Waals surface area contributed by atoms with Gasteiger partial charge in [-0.25, -0.2) is 0 Å². The largest absolute Gasteiger partial charge is 0.144 e. The minimum atomic E-state index is 0.520. The van der Waals surface area contributed by atoms with E-state index in [1.807, 2.05) is 0 Å².